The van der Waals surface area contributed by atoms with Crippen LogP contribution in [-0.2, 0) is 0 Å². The maximum atomic E-state index is 11.1. The van der Waals surface area contributed by atoms with Crippen LogP contribution in [0, 0.1) is 12.3 Å². The van der Waals surface area contributed by atoms with Gasteiger partial charge in [-0.25, -0.2) is 4.98 Å². The van der Waals surface area contributed by atoms with Gasteiger partial charge in [-0.05, 0) is 42.8 Å². The van der Waals surface area contributed by atoms with Gasteiger partial charge in [0.15, 0.2) is 5.82 Å². The fourth-order valence-corrected chi connectivity index (χ4v) is 2.61. The molecular weight excluding hydrogens is 364 g/mol. The molecule has 0 amide bonds. The van der Waals surface area contributed by atoms with Gasteiger partial charge in [0, 0.05) is 29.4 Å². The Hall–Kier alpha value is -3.25. The summed E-state index contributed by atoms with van der Waals surface area (Å²) in [5.74, 6) is 1.61. The maximum Gasteiger partial charge on any atom is 0.233 e. The van der Waals surface area contributed by atoms with Gasteiger partial charge >= 0.3 is 0 Å². The molecular formula is C20H17ClN4O2. The van der Waals surface area contributed by atoms with Crippen LogP contribution in [0.15, 0.2) is 42.5 Å². The Labute approximate surface area is 161 Å². The van der Waals surface area contributed by atoms with Crippen molar-refractivity contribution >= 4 is 29.9 Å². The van der Waals surface area contributed by atoms with Crippen LogP contribution >= 0.6 is 11.6 Å². The number of anilines is 1. The molecule has 0 saturated heterocycles. The highest BCUT2D eigenvalue weighted by molar-refractivity contribution is 6.30. The highest BCUT2D eigenvalue weighted by Gasteiger charge is 2.16. The molecule has 0 radical (unpaired) electrons. The number of aromatic nitrogens is 2. The SMILES string of the molecule is CNc1nc(-c2ccc(Cl)cc2)nc(Oc2cc(C=O)ccc2C)c1C=N. The molecule has 0 spiro atoms. The zero-order valence-electron chi connectivity index (χ0n) is 14.8. The summed E-state index contributed by atoms with van der Waals surface area (Å²) >= 11 is 5.95. The molecule has 2 N–H and O–H groups in total. The number of hydrogen-bond acceptors (Lipinski definition) is 6. The number of aldehydes is 1. The second-order valence-corrected chi connectivity index (χ2v) is 6.20. The molecule has 2 aromatic carbocycles. The molecule has 1 aromatic heterocycles. The lowest BCUT2D eigenvalue weighted by Gasteiger charge is -2.14. The fourth-order valence-electron chi connectivity index (χ4n) is 2.48. The number of aryl methyl sites for hydroxylation is 1. The molecule has 6 nitrogen and oxygen atoms in total. The second-order valence-electron chi connectivity index (χ2n) is 5.76. The Balaban J connectivity index is 2.13. The minimum atomic E-state index is 0.223. The average molecular weight is 381 g/mol. The molecule has 3 rings (SSSR count). The average Bonchev–Trinajstić information content (AvgIpc) is 2.69. The highest BCUT2D eigenvalue weighted by atomic mass is 35.5. The molecule has 0 saturated carbocycles. The van der Waals surface area contributed by atoms with Crippen molar-refractivity contribution in [3.05, 3.63) is 64.2 Å². The van der Waals surface area contributed by atoms with Crippen molar-refractivity contribution in [3.63, 3.8) is 0 Å². The van der Waals surface area contributed by atoms with Crippen molar-refractivity contribution in [2.24, 2.45) is 0 Å². The lowest BCUT2D eigenvalue weighted by molar-refractivity contribution is 0.112. The molecule has 0 aliphatic carbocycles. The van der Waals surface area contributed by atoms with E-state index >= 15 is 0 Å². The molecule has 0 atom stereocenters. The Morgan fingerprint density at radius 1 is 1.15 bits per heavy atom. The molecule has 136 valence electrons. The molecule has 0 aliphatic heterocycles. The Morgan fingerprint density at radius 2 is 1.89 bits per heavy atom. The monoisotopic (exact) mass is 380 g/mol. The molecule has 0 aliphatic rings. The van der Waals surface area contributed by atoms with Crippen LogP contribution in [0.2, 0.25) is 5.02 Å². The third kappa shape index (κ3) is 3.96. The second kappa shape index (κ2) is 7.97. The lowest BCUT2D eigenvalue weighted by atomic mass is 10.1. The first-order valence-electron chi connectivity index (χ1n) is 8.15. The number of carbonyl (C=O) groups is 1. The standard InChI is InChI=1S/C20H17ClN4O2/c1-12-3-4-13(11-26)9-17(12)27-20-16(10-22)19(23-2)24-18(25-20)14-5-7-15(21)8-6-14/h3-11,22H,1-2H3,(H,23,24,25). The van der Waals surface area contributed by atoms with E-state index in [1.54, 1.807) is 37.4 Å². The van der Waals surface area contributed by atoms with Crippen molar-refractivity contribution in [2.75, 3.05) is 12.4 Å². The van der Waals surface area contributed by atoms with E-state index in [9.17, 15) is 4.79 Å². The molecule has 27 heavy (non-hydrogen) atoms. The first-order chi connectivity index (χ1) is 13.0. The lowest BCUT2D eigenvalue weighted by Crippen LogP contribution is -2.05. The van der Waals surface area contributed by atoms with E-state index in [0.717, 1.165) is 23.6 Å². The van der Waals surface area contributed by atoms with Crippen molar-refractivity contribution in [1.29, 1.82) is 5.41 Å². The fraction of sp³-hybridized carbons (Fsp3) is 0.100. The number of benzene rings is 2. The number of nitrogens with zero attached hydrogens (tertiary/aromatic N) is 2. The van der Waals surface area contributed by atoms with E-state index in [2.05, 4.69) is 15.3 Å². The Bertz CT molecular complexity index is 1000. The van der Waals surface area contributed by atoms with Gasteiger partial charge in [0.1, 0.15) is 17.9 Å². The summed E-state index contributed by atoms with van der Waals surface area (Å²) in [6.45, 7) is 1.87. The van der Waals surface area contributed by atoms with E-state index in [-0.39, 0.29) is 5.88 Å². The minimum absolute atomic E-state index is 0.223. The van der Waals surface area contributed by atoms with Crippen LogP contribution in [-0.4, -0.2) is 29.5 Å². The zero-order valence-corrected chi connectivity index (χ0v) is 15.5. The molecule has 0 fully saturated rings. The van der Waals surface area contributed by atoms with Gasteiger partial charge in [0.2, 0.25) is 5.88 Å². The number of rotatable bonds is 6. The summed E-state index contributed by atoms with van der Waals surface area (Å²) < 4.78 is 5.97. The number of hydrogen-bond donors (Lipinski definition) is 2. The van der Waals surface area contributed by atoms with Gasteiger partial charge in [-0.15, -0.1) is 0 Å². The van der Waals surface area contributed by atoms with Crippen molar-refractivity contribution in [2.45, 2.75) is 6.92 Å². The van der Waals surface area contributed by atoms with Gasteiger partial charge in [0.25, 0.3) is 0 Å². The number of ether oxygens (including phenoxy) is 1. The summed E-state index contributed by atoms with van der Waals surface area (Å²) in [5, 5.41) is 11.3. The number of carbonyl (C=O) groups excluding carboxylic acids is 1. The van der Waals surface area contributed by atoms with Crippen LogP contribution in [0.3, 0.4) is 0 Å². The van der Waals surface area contributed by atoms with Crippen LogP contribution in [0.4, 0.5) is 5.82 Å². The summed E-state index contributed by atoms with van der Waals surface area (Å²) in [5.41, 5.74) is 2.50. The summed E-state index contributed by atoms with van der Waals surface area (Å²) in [6, 6.07) is 12.3. The van der Waals surface area contributed by atoms with Crippen LogP contribution in [0.5, 0.6) is 11.6 Å². The van der Waals surface area contributed by atoms with Gasteiger partial charge in [-0.3, -0.25) is 4.79 Å². The Kier molecular flexibility index (Phi) is 5.47. The highest BCUT2D eigenvalue weighted by Crippen LogP contribution is 2.31. The molecule has 1 heterocycles. The molecule has 0 bridgehead atoms. The van der Waals surface area contributed by atoms with Gasteiger partial charge < -0.3 is 15.5 Å². The maximum absolute atomic E-state index is 11.1. The van der Waals surface area contributed by atoms with Crippen molar-refractivity contribution in [1.82, 2.24) is 9.97 Å². The third-order valence-electron chi connectivity index (χ3n) is 3.95. The third-order valence-corrected chi connectivity index (χ3v) is 4.20. The largest absolute Gasteiger partial charge is 0.438 e. The van der Waals surface area contributed by atoms with E-state index in [1.807, 2.05) is 19.1 Å². The van der Waals surface area contributed by atoms with Gasteiger partial charge in [0.05, 0.1) is 5.56 Å². The van der Waals surface area contributed by atoms with Crippen molar-refractivity contribution in [3.8, 4) is 23.0 Å². The first-order valence-corrected chi connectivity index (χ1v) is 8.53. The van der Waals surface area contributed by atoms with E-state index in [4.69, 9.17) is 21.7 Å². The quantitative estimate of drug-likeness (QED) is 0.476. The minimum Gasteiger partial charge on any atom is -0.438 e. The Morgan fingerprint density at radius 3 is 2.52 bits per heavy atom. The number of halogens is 1. The normalized spacial score (nSPS) is 10.3. The van der Waals surface area contributed by atoms with Crippen LogP contribution in [0.25, 0.3) is 11.4 Å². The van der Waals surface area contributed by atoms with E-state index in [1.165, 1.54) is 0 Å². The topological polar surface area (TPSA) is 88.0 Å². The summed E-state index contributed by atoms with van der Waals surface area (Å²) in [7, 11) is 1.71. The van der Waals surface area contributed by atoms with Gasteiger partial charge in [-0.2, -0.15) is 4.98 Å². The molecule has 3 aromatic rings. The summed E-state index contributed by atoms with van der Waals surface area (Å²) in [6.07, 6.45) is 1.88. The predicted octanol–water partition coefficient (Wildman–Crippen LogP) is 4.75. The predicted molar refractivity (Wildman–Crippen MR) is 107 cm³/mol. The molecule has 7 heteroatoms. The van der Waals surface area contributed by atoms with E-state index < -0.39 is 0 Å². The van der Waals surface area contributed by atoms with Crippen LogP contribution < -0.4 is 10.1 Å². The summed E-state index contributed by atoms with van der Waals surface area (Å²) in [4.78, 5) is 20.0. The van der Waals surface area contributed by atoms with Gasteiger partial charge in [-0.1, -0.05) is 23.7 Å². The van der Waals surface area contributed by atoms with Crippen LogP contribution in [0.1, 0.15) is 21.5 Å². The molecule has 0 unspecified atom stereocenters. The zero-order chi connectivity index (χ0) is 19.4. The van der Waals surface area contributed by atoms with Crippen molar-refractivity contribution < 1.29 is 9.53 Å². The first kappa shape index (κ1) is 18.5. The van der Waals surface area contributed by atoms with E-state index in [0.29, 0.717) is 33.5 Å². The number of nitrogens with one attached hydrogen (secondary N) is 2. The smallest absolute Gasteiger partial charge is 0.233 e.